The summed E-state index contributed by atoms with van der Waals surface area (Å²) in [6, 6.07) is 11.0. The number of hydrogen-bond donors (Lipinski definition) is 2. The second-order valence-electron chi connectivity index (χ2n) is 14.1. The predicted molar refractivity (Wildman–Crippen MR) is 211 cm³/mol. The van der Waals surface area contributed by atoms with Gasteiger partial charge in [-0.05, 0) is 43.0 Å². The quantitative estimate of drug-likeness (QED) is 0.0452. The van der Waals surface area contributed by atoms with Gasteiger partial charge in [0.15, 0.2) is 11.4 Å². The van der Waals surface area contributed by atoms with Crippen molar-refractivity contribution in [2.24, 2.45) is 0 Å². The first kappa shape index (κ1) is 45.9. The van der Waals surface area contributed by atoms with E-state index in [4.69, 9.17) is 34.3 Å². The number of anilines is 1. The topological polar surface area (TPSA) is 200 Å². The van der Waals surface area contributed by atoms with Gasteiger partial charge in [0.25, 0.3) is 0 Å². The van der Waals surface area contributed by atoms with Crippen LogP contribution < -0.4 is 5.73 Å². The number of unbranched alkanes of at least 4 members (excludes halogenated alkanes) is 15. The minimum atomic E-state index is -4.64. The number of methoxy groups -OCH3 is 1. The Morgan fingerprint density at radius 3 is 2.13 bits per heavy atom. The molecule has 0 amide bonds. The van der Waals surface area contributed by atoms with Crippen LogP contribution >= 0.6 is 7.82 Å². The average molecular weight is 784 g/mol. The number of ether oxygens (including phenoxy) is 3. The van der Waals surface area contributed by atoms with Crippen LogP contribution in [0, 0.1) is 22.7 Å². The molecule has 55 heavy (non-hydrogen) atoms. The second kappa shape index (κ2) is 26.4. The average Bonchev–Trinajstić information content (AvgIpc) is 3.63. The third kappa shape index (κ3) is 17.9. The molecule has 3 atom stereocenters. The molecule has 0 aliphatic heterocycles. The lowest BCUT2D eigenvalue weighted by molar-refractivity contribution is -0.0554. The normalized spacial score (nSPS) is 14.3. The minimum Gasteiger partial charge on any atom is -0.382 e. The van der Waals surface area contributed by atoms with E-state index in [1.165, 1.54) is 96.9 Å². The van der Waals surface area contributed by atoms with Gasteiger partial charge in [-0.1, -0.05) is 109 Å². The monoisotopic (exact) mass is 783 g/mol. The Morgan fingerprint density at radius 1 is 0.891 bits per heavy atom. The summed E-state index contributed by atoms with van der Waals surface area (Å²) in [5, 5.41) is 23.3. The number of rotatable bonds is 32. The van der Waals surface area contributed by atoms with E-state index in [0.717, 1.165) is 25.0 Å². The predicted octanol–water partition coefficient (Wildman–Crippen LogP) is 8.42. The molecule has 3 aromatic rings. The molecular formula is C40H62N7O7P. The van der Waals surface area contributed by atoms with Crippen LogP contribution in [0.2, 0.25) is 0 Å². The molecule has 304 valence electrons. The highest BCUT2D eigenvalue weighted by Crippen LogP contribution is 2.44. The number of aromatic nitrogens is 4. The van der Waals surface area contributed by atoms with Crippen LogP contribution in [-0.2, 0) is 40.9 Å². The second-order valence-corrected chi connectivity index (χ2v) is 15.5. The van der Waals surface area contributed by atoms with Crippen molar-refractivity contribution < 1.29 is 32.7 Å². The molecule has 0 aliphatic carbocycles. The van der Waals surface area contributed by atoms with Crippen LogP contribution in [0.1, 0.15) is 133 Å². The first-order valence-electron chi connectivity index (χ1n) is 19.9. The van der Waals surface area contributed by atoms with Gasteiger partial charge >= 0.3 is 7.82 Å². The van der Waals surface area contributed by atoms with Crippen molar-refractivity contribution in [2.45, 2.75) is 141 Å². The van der Waals surface area contributed by atoms with Gasteiger partial charge in [-0.25, -0.2) is 19.0 Å². The Balaban J connectivity index is 1.38. The molecule has 0 bridgehead atoms. The molecule has 0 saturated heterocycles. The van der Waals surface area contributed by atoms with Gasteiger partial charge in [-0.3, -0.25) is 9.05 Å². The SMILES string of the molecule is CCCCCCCCCCCCCCCCCCOC[C@@H](COP(=O)(O)OC[C@](C#N)(CCc1ccc2c(N)ncnn12)OC)OCc1ccc(C#N)nc1. The molecule has 0 radical (unpaired) electrons. The number of nitrogens with zero attached hydrogens (tertiary/aromatic N) is 6. The van der Waals surface area contributed by atoms with Gasteiger partial charge in [0.05, 0.1) is 19.8 Å². The van der Waals surface area contributed by atoms with Crippen molar-refractivity contribution in [1.29, 1.82) is 10.5 Å². The fourth-order valence-electron chi connectivity index (χ4n) is 6.20. The zero-order chi connectivity index (χ0) is 39.6. The zero-order valence-electron chi connectivity index (χ0n) is 32.9. The summed E-state index contributed by atoms with van der Waals surface area (Å²) in [6.45, 7) is 2.21. The molecule has 15 heteroatoms. The number of hydrogen-bond acceptors (Lipinski definition) is 12. The number of nitriles is 2. The lowest BCUT2D eigenvalue weighted by Gasteiger charge is -2.26. The lowest BCUT2D eigenvalue weighted by atomic mass is 9.99. The molecule has 3 heterocycles. The van der Waals surface area contributed by atoms with Gasteiger partial charge in [-0.2, -0.15) is 15.6 Å². The highest BCUT2D eigenvalue weighted by molar-refractivity contribution is 7.47. The highest BCUT2D eigenvalue weighted by Gasteiger charge is 2.35. The Morgan fingerprint density at radius 2 is 1.55 bits per heavy atom. The van der Waals surface area contributed by atoms with Crippen LogP contribution in [0.25, 0.3) is 5.52 Å². The van der Waals surface area contributed by atoms with E-state index in [-0.39, 0.29) is 31.9 Å². The van der Waals surface area contributed by atoms with Crippen LogP contribution in [0.4, 0.5) is 5.82 Å². The van der Waals surface area contributed by atoms with Crippen molar-refractivity contribution in [2.75, 3.05) is 39.3 Å². The van der Waals surface area contributed by atoms with E-state index < -0.39 is 26.1 Å². The number of phosphoric acid groups is 1. The van der Waals surface area contributed by atoms with E-state index in [1.807, 2.05) is 12.1 Å². The molecule has 0 aromatic carbocycles. The van der Waals surface area contributed by atoms with Gasteiger partial charge in [0.2, 0.25) is 0 Å². The zero-order valence-corrected chi connectivity index (χ0v) is 33.8. The Kier molecular flexibility index (Phi) is 22.0. The van der Waals surface area contributed by atoms with Crippen molar-refractivity contribution in [1.82, 2.24) is 19.6 Å². The van der Waals surface area contributed by atoms with Crippen molar-refractivity contribution >= 4 is 19.2 Å². The minimum absolute atomic E-state index is 0.123. The largest absolute Gasteiger partial charge is 0.472 e. The number of fused-ring (bicyclic) bond motifs is 1. The Hall–Kier alpha value is -3.46. The fraction of sp³-hybridized carbons (Fsp3) is 0.675. The van der Waals surface area contributed by atoms with Crippen molar-refractivity contribution in [3.8, 4) is 12.1 Å². The molecule has 0 spiro atoms. The van der Waals surface area contributed by atoms with Gasteiger partial charge in [-0.15, -0.1) is 0 Å². The third-order valence-corrected chi connectivity index (χ3v) is 10.6. The summed E-state index contributed by atoms with van der Waals surface area (Å²) >= 11 is 0. The lowest BCUT2D eigenvalue weighted by Crippen LogP contribution is -2.36. The molecule has 3 N–H and O–H groups in total. The maximum Gasteiger partial charge on any atom is 0.472 e. The van der Waals surface area contributed by atoms with Crippen molar-refractivity contribution in [3.05, 3.63) is 53.7 Å². The van der Waals surface area contributed by atoms with E-state index in [9.17, 15) is 14.7 Å². The van der Waals surface area contributed by atoms with E-state index in [2.05, 4.69) is 28.1 Å². The summed E-state index contributed by atoms with van der Waals surface area (Å²) in [7, 11) is -3.30. The van der Waals surface area contributed by atoms with E-state index in [0.29, 0.717) is 29.9 Å². The summed E-state index contributed by atoms with van der Waals surface area (Å²) < 4.78 is 42.6. The van der Waals surface area contributed by atoms with E-state index >= 15 is 0 Å². The number of phosphoric ester groups is 1. The van der Waals surface area contributed by atoms with Crippen LogP contribution in [-0.4, -0.2) is 69.7 Å². The molecular weight excluding hydrogens is 721 g/mol. The fourth-order valence-corrected chi connectivity index (χ4v) is 7.00. The van der Waals surface area contributed by atoms with Crippen LogP contribution in [0.5, 0.6) is 0 Å². The van der Waals surface area contributed by atoms with Crippen LogP contribution in [0.3, 0.4) is 0 Å². The smallest absolute Gasteiger partial charge is 0.382 e. The first-order chi connectivity index (χ1) is 26.7. The summed E-state index contributed by atoms with van der Waals surface area (Å²) in [5.41, 5.74) is 6.77. The third-order valence-electron chi connectivity index (χ3n) is 9.70. The van der Waals surface area contributed by atoms with E-state index in [1.54, 1.807) is 28.9 Å². The molecule has 0 fully saturated rings. The van der Waals surface area contributed by atoms with Crippen LogP contribution in [0.15, 0.2) is 36.8 Å². The summed E-state index contributed by atoms with van der Waals surface area (Å²) in [5.74, 6) is 0.322. The van der Waals surface area contributed by atoms with Crippen molar-refractivity contribution in [3.63, 3.8) is 0 Å². The molecule has 14 nitrogen and oxygen atoms in total. The molecule has 0 saturated carbocycles. The number of nitrogen functional groups attached to an aromatic ring is 1. The summed E-state index contributed by atoms with van der Waals surface area (Å²) in [4.78, 5) is 18.6. The number of nitrogens with two attached hydrogens (primary N) is 1. The standard InChI is InChI=1S/C40H62N7O7P/c1-3-4-5-6-7-8-9-10-11-12-13-14-15-16-17-18-25-51-29-37(52-28-34-19-20-35(26-41)44-27-34)30-53-55(48,49)54-32-40(31-42,50-2)24-23-36-21-22-38-39(43)45-33-46-47(36)38/h19-22,27,33,37H,3-18,23-25,28-30,32H2,1-2H3,(H,48,49)(H2,43,45,46)/t37-,40+/m0/s1. The summed E-state index contributed by atoms with van der Waals surface area (Å²) in [6.07, 6.45) is 23.3. The first-order valence-corrected chi connectivity index (χ1v) is 21.4. The number of pyridine rings is 1. The maximum atomic E-state index is 13.0. The Bertz CT molecular complexity index is 1630. The maximum absolute atomic E-state index is 13.0. The van der Waals surface area contributed by atoms with Gasteiger partial charge in [0.1, 0.15) is 42.4 Å². The van der Waals surface area contributed by atoms with Gasteiger partial charge < -0.3 is 24.8 Å². The number of aryl methyl sites for hydroxylation is 1. The molecule has 0 aliphatic rings. The van der Waals surface area contributed by atoms with Gasteiger partial charge in [0, 0.05) is 25.6 Å². The molecule has 1 unspecified atom stereocenters. The highest BCUT2D eigenvalue weighted by atomic mass is 31.2. The molecule has 3 rings (SSSR count). The molecule has 3 aromatic heterocycles. The Labute approximate surface area is 327 Å².